The average Bonchev–Trinajstić information content (AvgIpc) is 2.46. The Kier molecular flexibility index (Phi) is 4.48. The number of likely N-dealkylation sites (N-methyl/N-ethyl adjacent to an activating group) is 1. The molecule has 1 aromatic carbocycles. The Hall–Kier alpha value is -1.35. The molecule has 1 aliphatic carbocycles. The molecule has 0 bridgehead atoms. The van der Waals surface area contributed by atoms with Crippen molar-refractivity contribution in [2.24, 2.45) is 11.1 Å². The van der Waals surface area contributed by atoms with Crippen LogP contribution in [-0.2, 0) is 4.79 Å². The molecule has 1 saturated carbocycles. The molecule has 0 heterocycles. The monoisotopic (exact) mass is 274 g/mol. The minimum atomic E-state index is -0.545. The molecule has 1 aliphatic rings. The van der Waals surface area contributed by atoms with Crippen molar-refractivity contribution in [1.29, 1.82) is 0 Å². The van der Waals surface area contributed by atoms with E-state index < -0.39 is 6.04 Å². The fourth-order valence-electron chi connectivity index (χ4n) is 2.97. The van der Waals surface area contributed by atoms with Crippen LogP contribution in [-0.4, -0.2) is 23.9 Å². The summed E-state index contributed by atoms with van der Waals surface area (Å²) in [5, 5.41) is 0. The number of amides is 1. The largest absolute Gasteiger partial charge is 0.341 e. The predicted octanol–water partition coefficient (Wildman–Crippen LogP) is 3.11. The normalized spacial score (nSPS) is 20.4. The van der Waals surface area contributed by atoms with Gasteiger partial charge in [0.2, 0.25) is 5.91 Å². The molecule has 3 heteroatoms. The SMILES string of the molecule is CN(C(=O)[C@H](N)c1ccccc1)C1CCC(C)(C)CC1. The summed E-state index contributed by atoms with van der Waals surface area (Å²) in [7, 11) is 1.90. The molecule has 0 aromatic heterocycles. The second-order valence-corrected chi connectivity index (χ2v) is 6.73. The van der Waals surface area contributed by atoms with E-state index in [-0.39, 0.29) is 5.91 Å². The van der Waals surface area contributed by atoms with Gasteiger partial charge in [-0.25, -0.2) is 0 Å². The first-order valence-corrected chi connectivity index (χ1v) is 7.48. The third-order valence-electron chi connectivity index (χ3n) is 4.63. The number of rotatable bonds is 3. The zero-order valence-electron chi connectivity index (χ0n) is 12.8. The van der Waals surface area contributed by atoms with Crippen molar-refractivity contribution in [2.75, 3.05) is 7.05 Å². The van der Waals surface area contributed by atoms with Gasteiger partial charge in [0, 0.05) is 13.1 Å². The molecule has 0 unspecified atom stereocenters. The predicted molar refractivity (Wildman–Crippen MR) is 82.2 cm³/mol. The van der Waals surface area contributed by atoms with E-state index in [1.807, 2.05) is 42.3 Å². The van der Waals surface area contributed by atoms with E-state index in [1.165, 1.54) is 12.8 Å². The van der Waals surface area contributed by atoms with Gasteiger partial charge in [-0.15, -0.1) is 0 Å². The number of carbonyl (C=O) groups excluding carboxylic acids is 1. The number of nitrogens with two attached hydrogens (primary N) is 1. The molecular weight excluding hydrogens is 248 g/mol. The number of benzene rings is 1. The molecule has 0 aliphatic heterocycles. The lowest BCUT2D eigenvalue weighted by molar-refractivity contribution is -0.134. The molecule has 2 N–H and O–H groups in total. The van der Waals surface area contributed by atoms with Crippen molar-refractivity contribution in [2.45, 2.75) is 51.6 Å². The van der Waals surface area contributed by atoms with Crippen LogP contribution in [0.15, 0.2) is 30.3 Å². The first kappa shape index (κ1) is 15.0. The number of hydrogen-bond acceptors (Lipinski definition) is 2. The van der Waals surface area contributed by atoms with Gasteiger partial charge in [0.05, 0.1) is 0 Å². The van der Waals surface area contributed by atoms with Crippen molar-refractivity contribution < 1.29 is 4.79 Å². The van der Waals surface area contributed by atoms with Crippen molar-refractivity contribution in [1.82, 2.24) is 4.90 Å². The van der Waals surface area contributed by atoms with Crippen LogP contribution >= 0.6 is 0 Å². The van der Waals surface area contributed by atoms with Gasteiger partial charge in [-0.3, -0.25) is 4.79 Å². The average molecular weight is 274 g/mol. The van der Waals surface area contributed by atoms with Gasteiger partial charge >= 0.3 is 0 Å². The molecule has 3 nitrogen and oxygen atoms in total. The van der Waals surface area contributed by atoms with Crippen LogP contribution < -0.4 is 5.73 Å². The van der Waals surface area contributed by atoms with Crippen LogP contribution in [0.25, 0.3) is 0 Å². The van der Waals surface area contributed by atoms with Crippen molar-refractivity contribution in [3.63, 3.8) is 0 Å². The number of hydrogen-bond donors (Lipinski definition) is 1. The Balaban J connectivity index is 1.99. The molecule has 1 aromatic rings. The van der Waals surface area contributed by atoms with Gasteiger partial charge in [0.15, 0.2) is 0 Å². The van der Waals surface area contributed by atoms with E-state index in [0.717, 1.165) is 18.4 Å². The summed E-state index contributed by atoms with van der Waals surface area (Å²) in [4.78, 5) is 14.4. The summed E-state index contributed by atoms with van der Waals surface area (Å²) in [5.41, 5.74) is 7.42. The van der Waals surface area contributed by atoms with Crippen molar-refractivity contribution >= 4 is 5.91 Å². The van der Waals surface area contributed by atoms with Gasteiger partial charge < -0.3 is 10.6 Å². The Bertz CT molecular complexity index is 445. The first-order valence-electron chi connectivity index (χ1n) is 7.48. The third kappa shape index (κ3) is 3.40. The molecule has 0 radical (unpaired) electrons. The minimum absolute atomic E-state index is 0.0286. The van der Waals surface area contributed by atoms with Crippen LogP contribution in [0.5, 0.6) is 0 Å². The highest BCUT2D eigenvalue weighted by Crippen LogP contribution is 2.36. The number of nitrogens with zero attached hydrogens (tertiary/aromatic N) is 1. The van der Waals surface area contributed by atoms with E-state index in [9.17, 15) is 4.79 Å². The Labute approximate surface area is 122 Å². The van der Waals surface area contributed by atoms with Gasteiger partial charge in [-0.2, -0.15) is 0 Å². The molecule has 110 valence electrons. The van der Waals surface area contributed by atoms with Crippen LogP contribution in [0.3, 0.4) is 0 Å². The van der Waals surface area contributed by atoms with Crippen LogP contribution in [0.1, 0.15) is 51.1 Å². The summed E-state index contributed by atoms with van der Waals surface area (Å²) < 4.78 is 0. The summed E-state index contributed by atoms with van der Waals surface area (Å²) in [6.45, 7) is 4.61. The molecule has 20 heavy (non-hydrogen) atoms. The summed E-state index contributed by atoms with van der Waals surface area (Å²) >= 11 is 0. The van der Waals surface area contributed by atoms with Gasteiger partial charge in [-0.05, 0) is 36.7 Å². The zero-order valence-corrected chi connectivity index (χ0v) is 12.8. The summed E-state index contributed by atoms with van der Waals surface area (Å²) in [6, 6.07) is 9.41. The van der Waals surface area contributed by atoms with E-state index in [4.69, 9.17) is 5.73 Å². The van der Waals surface area contributed by atoms with Gasteiger partial charge in [0.1, 0.15) is 6.04 Å². The van der Waals surface area contributed by atoms with Crippen LogP contribution in [0.2, 0.25) is 0 Å². The van der Waals surface area contributed by atoms with Crippen molar-refractivity contribution in [3.05, 3.63) is 35.9 Å². The van der Waals surface area contributed by atoms with Gasteiger partial charge in [0.25, 0.3) is 0 Å². The van der Waals surface area contributed by atoms with Crippen LogP contribution in [0.4, 0.5) is 0 Å². The van der Waals surface area contributed by atoms with Gasteiger partial charge in [-0.1, -0.05) is 44.2 Å². The lowest BCUT2D eigenvalue weighted by Gasteiger charge is -2.39. The lowest BCUT2D eigenvalue weighted by atomic mass is 9.75. The topological polar surface area (TPSA) is 46.3 Å². The molecule has 0 saturated heterocycles. The van der Waals surface area contributed by atoms with E-state index >= 15 is 0 Å². The molecule has 1 fully saturated rings. The maximum Gasteiger partial charge on any atom is 0.244 e. The highest BCUT2D eigenvalue weighted by molar-refractivity contribution is 5.83. The molecular formula is C17H26N2O. The summed E-state index contributed by atoms with van der Waals surface area (Å²) in [6.07, 6.45) is 4.51. The van der Waals surface area contributed by atoms with E-state index in [2.05, 4.69) is 13.8 Å². The standard InChI is InChI=1S/C17H26N2O/c1-17(2)11-9-14(10-12-17)19(3)16(20)15(18)13-7-5-4-6-8-13/h4-8,14-15H,9-12,18H2,1-3H3/t15-/m1/s1. The number of carbonyl (C=O) groups is 1. The quantitative estimate of drug-likeness (QED) is 0.920. The van der Waals surface area contributed by atoms with E-state index in [0.29, 0.717) is 11.5 Å². The first-order chi connectivity index (χ1) is 9.41. The highest BCUT2D eigenvalue weighted by atomic mass is 16.2. The Morgan fingerprint density at radius 1 is 1.25 bits per heavy atom. The highest BCUT2D eigenvalue weighted by Gasteiger charge is 2.32. The smallest absolute Gasteiger partial charge is 0.244 e. The maximum absolute atomic E-state index is 12.5. The third-order valence-corrected chi connectivity index (χ3v) is 4.63. The molecule has 0 spiro atoms. The second-order valence-electron chi connectivity index (χ2n) is 6.73. The fourth-order valence-corrected chi connectivity index (χ4v) is 2.97. The maximum atomic E-state index is 12.5. The zero-order chi connectivity index (χ0) is 14.8. The lowest BCUT2D eigenvalue weighted by Crippen LogP contribution is -2.44. The summed E-state index contributed by atoms with van der Waals surface area (Å²) in [5.74, 6) is 0.0286. The molecule has 1 atom stereocenters. The Morgan fingerprint density at radius 3 is 2.35 bits per heavy atom. The molecule has 1 amide bonds. The van der Waals surface area contributed by atoms with Crippen LogP contribution in [0, 0.1) is 5.41 Å². The Morgan fingerprint density at radius 2 is 1.80 bits per heavy atom. The molecule has 2 rings (SSSR count). The van der Waals surface area contributed by atoms with E-state index in [1.54, 1.807) is 0 Å². The minimum Gasteiger partial charge on any atom is -0.341 e. The van der Waals surface area contributed by atoms with Crippen molar-refractivity contribution in [3.8, 4) is 0 Å². The fraction of sp³-hybridized carbons (Fsp3) is 0.588. The second kappa shape index (κ2) is 5.96.